The van der Waals surface area contributed by atoms with Crippen LogP contribution in [-0.4, -0.2) is 48.3 Å². The second-order valence-electron chi connectivity index (χ2n) is 4.92. The summed E-state index contributed by atoms with van der Waals surface area (Å²) in [6.07, 6.45) is 0. The van der Waals surface area contributed by atoms with Crippen LogP contribution in [0.5, 0.6) is 0 Å². The van der Waals surface area contributed by atoms with E-state index in [4.69, 9.17) is 5.11 Å². The molecule has 2 N–H and O–H groups in total. The Balaban J connectivity index is 3.63. The Morgan fingerprint density at radius 3 is 2.00 bits per heavy atom. The van der Waals surface area contributed by atoms with Gasteiger partial charge in [0.2, 0.25) is 0 Å². The summed E-state index contributed by atoms with van der Waals surface area (Å²) in [7, 11) is 0. The maximum absolute atomic E-state index is 8.87. The summed E-state index contributed by atoms with van der Waals surface area (Å²) >= 11 is 0. The minimum absolute atomic E-state index is 0.269. The molecule has 92 valence electrons. The molecule has 0 aromatic heterocycles. The van der Waals surface area contributed by atoms with E-state index in [9.17, 15) is 0 Å². The summed E-state index contributed by atoms with van der Waals surface area (Å²) in [6, 6.07) is 1.20. The Bertz CT molecular complexity index is 141. The molecule has 0 aromatic carbocycles. The fraction of sp³-hybridized carbons (Fsp3) is 1.00. The molecule has 0 radical (unpaired) electrons. The summed E-state index contributed by atoms with van der Waals surface area (Å²) < 4.78 is 0. The van der Waals surface area contributed by atoms with Crippen LogP contribution in [0, 0.1) is 5.92 Å². The van der Waals surface area contributed by atoms with Crippen molar-refractivity contribution in [2.24, 2.45) is 5.92 Å². The lowest BCUT2D eigenvalue weighted by atomic mass is 10.2. The van der Waals surface area contributed by atoms with Crippen LogP contribution in [0.25, 0.3) is 0 Å². The fourth-order valence-electron chi connectivity index (χ4n) is 1.73. The van der Waals surface area contributed by atoms with Crippen molar-refractivity contribution in [1.82, 2.24) is 10.2 Å². The third-order valence-corrected chi connectivity index (χ3v) is 2.68. The number of hydrogen-bond acceptors (Lipinski definition) is 3. The lowest BCUT2D eigenvalue weighted by molar-refractivity contribution is 0.173. The Kier molecular flexibility index (Phi) is 8.02. The van der Waals surface area contributed by atoms with Crippen molar-refractivity contribution >= 4 is 0 Å². The zero-order valence-corrected chi connectivity index (χ0v) is 11.0. The molecule has 0 aromatic rings. The zero-order chi connectivity index (χ0) is 11.8. The molecule has 1 unspecified atom stereocenters. The van der Waals surface area contributed by atoms with E-state index in [-0.39, 0.29) is 6.61 Å². The van der Waals surface area contributed by atoms with E-state index in [2.05, 4.69) is 44.8 Å². The molecule has 3 heteroatoms. The second kappa shape index (κ2) is 8.08. The molecule has 0 aliphatic rings. The SMILES string of the molecule is CC(CO)CNCCN(C(C)C)C(C)C. The Labute approximate surface area is 94.9 Å². The predicted octanol–water partition coefficient (Wildman–Crippen LogP) is 1.32. The van der Waals surface area contributed by atoms with Crippen molar-refractivity contribution in [3.8, 4) is 0 Å². The third kappa shape index (κ3) is 6.88. The van der Waals surface area contributed by atoms with E-state index in [1.54, 1.807) is 0 Å². The highest BCUT2D eigenvalue weighted by molar-refractivity contribution is 4.68. The van der Waals surface area contributed by atoms with Gasteiger partial charge in [0.15, 0.2) is 0 Å². The van der Waals surface area contributed by atoms with Crippen molar-refractivity contribution in [2.75, 3.05) is 26.2 Å². The minimum atomic E-state index is 0.269. The van der Waals surface area contributed by atoms with Gasteiger partial charge in [-0.05, 0) is 40.2 Å². The smallest absolute Gasteiger partial charge is 0.0468 e. The molecule has 15 heavy (non-hydrogen) atoms. The molecule has 0 spiro atoms. The molecule has 0 rings (SSSR count). The summed E-state index contributed by atoms with van der Waals surface area (Å²) in [4.78, 5) is 2.47. The van der Waals surface area contributed by atoms with Gasteiger partial charge in [0.1, 0.15) is 0 Å². The number of rotatable bonds is 8. The van der Waals surface area contributed by atoms with Crippen molar-refractivity contribution in [1.29, 1.82) is 0 Å². The Hall–Kier alpha value is -0.120. The van der Waals surface area contributed by atoms with E-state index >= 15 is 0 Å². The van der Waals surface area contributed by atoms with Gasteiger partial charge in [0.25, 0.3) is 0 Å². The highest BCUT2D eigenvalue weighted by atomic mass is 16.3. The van der Waals surface area contributed by atoms with Crippen LogP contribution < -0.4 is 5.32 Å². The van der Waals surface area contributed by atoms with Gasteiger partial charge in [0.05, 0.1) is 0 Å². The van der Waals surface area contributed by atoms with Gasteiger partial charge < -0.3 is 10.4 Å². The Morgan fingerprint density at radius 2 is 1.60 bits per heavy atom. The van der Waals surface area contributed by atoms with Gasteiger partial charge in [-0.3, -0.25) is 4.90 Å². The highest BCUT2D eigenvalue weighted by Gasteiger charge is 2.12. The van der Waals surface area contributed by atoms with Crippen LogP contribution >= 0.6 is 0 Å². The van der Waals surface area contributed by atoms with Crippen molar-refractivity contribution < 1.29 is 5.11 Å². The van der Waals surface area contributed by atoms with Crippen LogP contribution in [0.2, 0.25) is 0 Å². The second-order valence-corrected chi connectivity index (χ2v) is 4.92. The maximum Gasteiger partial charge on any atom is 0.0468 e. The van der Waals surface area contributed by atoms with Gasteiger partial charge in [-0.15, -0.1) is 0 Å². The summed E-state index contributed by atoms with van der Waals surface area (Å²) in [5.74, 6) is 0.358. The standard InChI is InChI=1S/C12H28N2O/c1-10(2)14(11(3)4)7-6-13-8-12(5)9-15/h10-13,15H,6-9H2,1-5H3. The number of aliphatic hydroxyl groups is 1. The first-order chi connectivity index (χ1) is 6.99. The molecular weight excluding hydrogens is 188 g/mol. The number of nitrogens with zero attached hydrogens (tertiary/aromatic N) is 1. The van der Waals surface area contributed by atoms with Crippen molar-refractivity contribution in [3.63, 3.8) is 0 Å². The summed E-state index contributed by atoms with van der Waals surface area (Å²) in [5.41, 5.74) is 0. The molecule has 0 fully saturated rings. The molecule has 0 heterocycles. The predicted molar refractivity (Wildman–Crippen MR) is 66.1 cm³/mol. The van der Waals surface area contributed by atoms with Crippen molar-refractivity contribution in [3.05, 3.63) is 0 Å². The van der Waals surface area contributed by atoms with Gasteiger partial charge in [0, 0.05) is 31.8 Å². The normalized spacial score (nSPS) is 14.2. The number of nitrogens with one attached hydrogen (secondary N) is 1. The quantitative estimate of drug-likeness (QED) is 0.601. The molecule has 1 atom stereocenters. The van der Waals surface area contributed by atoms with Crippen LogP contribution in [0.3, 0.4) is 0 Å². The van der Waals surface area contributed by atoms with Crippen molar-refractivity contribution in [2.45, 2.75) is 46.7 Å². The highest BCUT2D eigenvalue weighted by Crippen LogP contribution is 2.03. The average Bonchev–Trinajstić information content (AvgIpc) is 2.15. The first kappa shape index (κ1) is 14.9. The molecule has 0 bridgehead atoms. The number of aliphatic hydroxyl groups excluding tert-OH is 1. The van der Waals surface area contributed by atoms with Crippen LogP contribution in [0.4, 0.5) is 0 Å². The van der Waals surface area contributed by atoms with Gasteiger partial charge in [-0.25, -0.2) is 0 Å². The zero-order valence-electron chi connectivity index (χ0n) is 11.0. The summed E-state index contributed by atoms with van der Waals surface area (Å²) in [5, 5.41) is 12.2. The Morgan fingerprint density at radius 1 is 1.07 bits per heavy atom. The molecule has 0 saturated carbocycles. The van der Waals surface area contributed by atoms with E-state index < -0.39 is 0 Å². The molecule has 0 aliphatic carbocycles. The molecule has 0 aliphatic heterocycles. The third-order valence-electron chi connectivity index (χ3n) is 2.68. The monoisotopic (exact) mass is 216 g/mol. The largest absolute Gasteiger partial charge is 0.396 e. The first-order valence-electron chi connectivity index (χ1n) is 6.06. The fourth-order valence-corrected chi connectivity index (χ4v) is 1.73. The topological polar surface area (TPSA) is 35.5 Å². The number of hydrogen-bond donors (Lipinski definition) is 2. The van der Waals surface area contributed by atoms with Crippen LogP contribution in [0.15, 0.2) is 0 Å². The minimum Gasteiger partial charge on any atom is -0.396 e. The molecule has 0 saturated heterocycles. The lowest BCUT2D eigenvalue weighted by Crippen LogP contribution is -2.42. The molecular formula is C12H28N2O. The molecule has 0 amide bonds. The average molecular weight is 216 g/mol. The first-order valence-corrected chi connectivity index (χ1v) is 6.06. The maximum atomic E-state index is 8.87. The van der Waals surface area contributed by atoms with Crippen LogP contribution in [0.1, 0.15) is 34.6 Å². The van der Waals surface area contributed by atoms with Gasteiger partial charge in [-0.2, -0.15) is 0 Å². The van der Waals surface area contributed by atoms with Crippen LogP contribution in [-0.2, 0) is 0 Å². The van der Waals surface area contributed by atoms with E-state index in [1.165, 1.54) is 0 Å². The van der Waals surface area contributed by atoms with E-state index in [1.807, 2.05) is 0 Å². The van der Waals surface area contributed by atoms with Gasteiger partial charge >= 0.3 is 0 Å². The molecule has 3 nitrogen and oxygen atoms in total. The van der Waals surface area contributed by atoms with Gasteiger partial charge in [-0.1, -0.05) is 6.92 Å². The summed E-state index contributed by atoms with van der Waals surface area (Å²) in [6.45, 7) is 14.2. The lowest BCUT2D eigenvalue weighted by Gasteiger charge is -2.30. The van der Waals surface area contributed by atoms with E-state index in [0.29, 0.717) is 18.0 Å². The van der Waals surface area contributed by atoms with E-state index in [0.717, 1.165) is 19.6 Å².